The quantitative estimate of drug-likeness (QED) is 0.786. The van der Waals surface area contributed by atoms with Gasteiger partial charge in [0.05, 0.1) is 23.6 Å². The molecule has 8 heteroatoms. The van der Waals surface area contributed by atoms with Crippen LogP contribution in [0.15, 0.2) is 36.5 Å². The summed E-state index contributed by atoms with van der Waals surface area (Å²) in [7, 11) is -3.46. The van der Waals surface area contributed by atoms with Crippen molar-refractivity contribution in [2.24, 2.45) is 0 Å². The Morgan fingerprint density at radius 3 is 2.63 bits per heavy atom. The zero-order valence-corrected chi connectivity index (χ0v) is 16.9. The molecule has 1 aliphatic heterocycles. The fourth-order valence-electron chi connectivity index (χ4n) is 3.45. The van der Waals surface area contributed by atoms with E-state index >= 15 is 0 Å². The van der Waals surface area contributed by atoms with Gasteiger partial charge < -0.3 is 5.32 Å². The van der Waals surface area contributed by atoms with Crippen LogP contribution in [0, 0.1) is 6.92 Å². The number of pyridine rings is 2. The molecule has 1 N–H and O–H groups in total. The van der Waals surface area contributed by atoms with Crippen molar-refractivity contribution in [3.8, 4) is 0 Å². The summed E-state index contributed by atoms with van der Waals surface area (Å²) >= 11 is 0. The van der Waals surface area contributed by atoms with Crippen LogP contribution in [0.2, 0.25) is 0 Å². The van der Waals surface area contributed by atoms with Crippen molar-refractivity contribution in [2.75, 3.05) is 25.0 Å². The van der Waals surface area contributed by atoms with Gasteiger partial charge in [0.25, 0.3) is 10.2 Å². The average molecular weight is 390 g/mol. The maximum Gasteiger partial charge on any atom is 0.282 e. The molecule has 0 radical (unpaired) electrons. The molecule has 1 saturated heterocycles. The third-order valence-corrected chi connectivity index (χ3v) is 7.02. The predicted octanol–water partition coefficient (Wildman–Crippen LogP) is 3.25. The summed E-state index contributed by atoms with van der Waals surface area (Å²) in [6.07, 6.45) is 3.37. The standard InChI is InChI=1S/C19H27N5O2S/c1-4-23(5-2)27(25,26)24-13-7-9-18(24)17-12-11-16(14-20-17)22-19-10-6-8-15(3)21-19/h6,8,10-12,14,18H,4-5,7,9,13H2,1-3H3,(H,21,22)/t18-/m1/s1. The molecule has 0 bridgehead atoms. The number of aryl methyl sites for hydroxylation is 1. The molecule has 3 heterocycles. The van der Waals surface area contributed by atoms with Gasteiger partial charge in [-0.3, -0.25) is 4.98 Å². The van der Waals surface area contributed by atoms with Crippen LogP contribution in [0.5, 0.6) is 0 Å². The SMILES string of the molecule is CCN(CC)S(=O)(=O)N1CCC[C@@H]1c1ccc(Nc2cccc(C)n2)cn1. The summed E-state index contributed by atoms with van der Waals surface area (Å²) < 4.78 is 28.9. The van der Waals surface area contributed by atoms with E-state index < -0.39 is 10.2 Å². The Hall–Kier alpha value is -2.03. The average Bonchev–Trinajstić information content (AvgIpc) is 3.14. The van der Waals surface area contributed by atoms with Crippen LogP contribution in [0.3, 0.4) is 0 Å². The van der Waals surface area contributed by atoms with E-state index in [9.17, 15) is 8.42 Å². The molecule has 1 atom stereocenters. The minimum Gasteiger partial charge on any atom is -0.339 e. The van der Waals surface area contributed by atoms with E-state index in [4.69, 9.17) is 0 Å². The Bertz CT molecular complexity index is 866. The molecule has 0 aromatic carbocycles. The van der Waals surface area contributed by atoms with E-state index in [2.05, 4.69) is 15.3 Å². The summed E-state index contributed by atoms with van der Waals surface area (Å²) in [5.41, 5.74) is 2.55. The van der Waals surface area contributed by atoms with Crippen molar-refractivity contribution in [3.05, 3.63) is 47.9 Å². The number of nitrogens with one attached hydrogen (secondary N) is 1. The van der Waals surface area contributed by atoms with E-state index in [1.807, 2.05) is 51.1 Å². The Balaban J connectivity index is 1.78. The Kier molecular flexibility index (Phi) is 6.08. The van der Waals surface area contributed by atoms with Gasteiger partial charge in [0.15, 0.2) is 0 Å². The van der Waals surface area contributed by atoms with Crippen LogP contribution in [0.4, 0.5) is 11.5 Å². The normalized spacial score (nSPS) is 18.1. The first-order valence-corrected chi connectivity index (χ1v) is 10.8. The number of hydrogen-bond acceptors (Lipinski definition) is 5. The number of anilines is 2. The molecule has 0 aliphatic carbocycles. The van der Waals surface area contributed by atoms with Gasteiger partial charge in [0.1, 0.15) is 5.82 Å². The van der Waals surface area contributed by atoms with E-state index in [1.54, 1.807) is 10.5 Å². The van der Waals surface area contributed by atoms with Crippen LogP contribution >= 0.6 is 0 Å². The molecular weight excluding hydrogens is 362 g/mol. The third kappa shape index (κ3) is 4.28. The topological polar surface area (TPSA) is 78.4 Å². The fourth-order valence-corrected chi connectivity index (χ4v) is 5.29. The lowest BCUT2D eigenvalue weighted by Gasteiger charge is -2.29. The monoisotopic (exact) mass is 389 g/mol. The summed E-state index contributed by atoms with van der Waals surface area (Å²) in [5.74, 6) is 0.760. The highest BCUT2D eigenvalue weighted by Crippen LogP contribution is 2.34. The number of nitrogens with zero attached hydrogens (tertiary/aromatic N) is 4. The minimum absolute atomic E-state index is 0.207. The van der Waals surface area contributed by atoms with Crippen LogP contribution in [-0.2, 0) is 10.2 Å². The zero-order valence-electron chi connectivity index (χ0n) is 16.1. The van der Waals surface area contributed by atoms with Gasteiger partial charge in [0, 0.05) is 25.3 Å². The second-order valence-corrected chi connectivity index (χ2v) is 8.50. The van der Waals surface area contributed by atoms with Crippen molar-refractivity contribution < 1.29 is 8.42 Å². The fraction of sp³-hybridized carbons (Fsp3) is 0.474. The minimum atomic E-state index is -3.46. The van der Waals surface area contributed by atoms with Gasteiger partial charge in [0.2, 0.25) is 0 Å². The summed E-state index contributed by atoms with van der Waals surface area (Å²) in [4.78, 5) is 8.96. The van der Waals surface area contributed by atoms with Crippen LogP contribution in [-0.4, -0.2) is 46.6 Å². The molecule has 2 aromatic heterocycles. The predicted molar refractivity (Wildman–Crippen MR) is 107 cm³/mol. The van der Waals surface area contributed by atoms with Gasteiger partial charge in [-0.2, -0.15) is 17.0 Å². The van der Waals surface area contributed by atoms with E-state index in [1.165, 1.54) is 4.31 Å². The third-order valence-electron chi connectivity index (χ3n) is 4.82. The first kappa shape index (κ1) is 19.7. The van der Waals surface area contributed by atoms with Gasteiger partial charge in [-0.15, -0.1) is 0 Å². The summed E-state index contributed by atoms with van der Waals surface area (Å²) in [5, 5.41) is 3.23. The first-order valence-electron chi connectivity index (χ1n) is 9.39. The van der Waals surface area contributed by atoms with Gasteiger partial charge in [-0.1, -0.05) is 19.9 Å². The lowest BCUT2D eigenvalue weighted by molar-refractivity contribution is 0.335. The van der Waals surface area contributed by atoms with E-state index in [0.717, 1.165) is 35.7 Å². The highest BCUT2D eigenvalue weighted by Gasteiger charge is 2.38. The van der Waals surface area contributed by atoms with Gasteiger partial charge >= 0.3 is 0 Å². The molecule has 0 saturated carbocycles. The van der Waals surface area contributed by atoms with Crippen molar-refractivity contribution >= 4 is 21.7 Å². The molecule has 3 rings (SSSR count). The number of aromatic nitrogens is 2. The Labute approximate surface area is 161 Å². The largest absolute Gasteiger partial charge is 0.339 e. The molecular formula is C19H27N5O2S. The van der Waals surface area contributed by atoms with E-state index in [0.29, 0.717) is 19.6 Å². The molecule has 0 unspecified atom stereocenters. The Morgan fingerprint density at radius 2 is 2.00 bits per heavy atom. The van der Waals surface area contributed by atoms with Crippen LogP contribution in [0.1, 0.15) is 44.1 Å². The van der Waals surface area contributed by atoms with Crippen molar-refractivity contribution in [1.82, 2.24) is 18.6 Å². The molecule has 2 aromatic rings. The van der Waals surface area contributed by atoms with Gasteiger partial charge in [-0.05, 0) is 44.0 Å². The molecule has 1 aliphatic rings. The zero-order chi connectivity index (χ0) is 19.4. The van der Waals surface area contributed by atoms with Crippen molar-refractivity contribution in [3.63, 3.8) is 0 Å². The lowest BCUT2D eigenvalue weighted by atomic mass is 10.1. The molecule has 0 spiro atoms. The molecule has 7 nitrogen and oxygen atoms in total. The number of rotatable bonds is 7. The first-order chi connectivity index (χ1) is 13.0. The molecule has 1 fully saturated rings. The maximum absolute atomic E-state index is 12.9. The highest BCUT2D eigenvalue weighted by molar-refractivity contribution is 7.86. The van der Waals surface area contributed by atoms with Gasteiger partial charge in [-0.25, -0.2) is 4.98 Å². The maximum atomic E-state index is 12.9. The van der Waals surface area contributed by atoms with Crippen molar-refractivity contribution in [1.29, 1.82) is 0 Å². The summed E-state index contributed by atoms with van der Waals surface area (Å²) in [6, 6.07) is 9.40. The molecule has 0 amide bonds. The van der Waals surface area contributed by atoms with Crippen molar-refractivity contribution in [2.45, 2.75) is 39.7 Å². The second kappa shape index (κ2) is 8.33. The van der Waals surface area contributed by atoms with Crippen LogP contribution < -0.4 is 5.32 Å². The Morgan fingerprint density at radius 1 is 1.22 bits per heavy atom. The lowest BCUT2D eigenvalue weighted by Crippen LogP contribution is -2.43. The smallest absolute Gasteiger partial charge is 0.282 e. The molecule has 27 heavy (non-hydrogen) atoms. The highest BCUT2D eigenvalue weighted by atomic mass is 32.2. The van der Waals surface area contributed by atoms with Crippen LogP contribution in [0.25, 0.3) is 0 Å². The van der Waals surface area contributed by atoms with E-state index in [-0.39, 0.29) is 6.04 Å². The molecule has 146 valence electrons. The second-order valence-electron chi connectivity index (χ2n) is 6.62. The number of hydrogen-bond donors (Lipinski definition) is 1. The summed E-state index contributed by atoms with van der Waals surface area (Å²) in [6.45, 7) is 7.16.